The summed E-state index contributed by atoms with van der Waals surface area (Å²) in [6, 6.07) is 17.5. The van der Waals surface area contributed by atoms with Crippen molar-refractivity contribution in [3.05, 3.63) is 99.5 Å². The van der Waals surface area contributed by atoms with E-state index in [1.807, 2.05) is 24.3 Å². The van der Waals surface area contributed by atoms with Crippen LogP contribution in [-0.4, -0.2) is 85.0 Å². The smallest absolute Gasteiger partial charge is 0.350 e. The van der Waals surface area contributed by atoms with Gasteiger partial charge >= 0.3 is 5.69 Å². The second-order valence-corrected chi connectivity index (χ2v) is 14.0. The zero-order chi connectivity index (χ0) is 34.8. The van der Waals surface area contributed by atoms with Gasteiger partial charge in [-0.15, -0.1) is 5.10 Å². The summed E-state index contributed by atoms with van der Waals surface area (Å²) < 4.78 is 23.6. The first-order valence-electron chi connectivity index (χ1n) is 17.3. The van der Waals surface area contributed by atoms with Crippen LogP contribution in [0.3, 0.4) is 0 Å². The number of nitrogens with zero attached hydrogens (tertiary/aromatic N) is 10. The minimum atomic E-state index is -1.21. The zero-order valence-corrected chi connectivity index (χ0v) is 29.4. The number of anilines is 2. The molecule has 8 rings (SSSR count). The fourth-order valence-electron chi connectivity index (χ4n) is 7.14. The van der Waals surface area contributed by atoms with Gasteiger partial charge in [-0.25, -0.2) is 23.7 Å². The van der Waals surface area contributed by atoms with E-state index in [0.29, 0.717) is 21.4 Å². The standard InChI is InChI=1S/C35H38Cl2N10O4/c36-25-6-12-31(32(37)18-25)35(22-45-23-39-41-42-45)50-21-30(51-35)20-49-29-11-13-33(38-19-29)44-16-14-43(15-17-44)26-7-9-27(10-8-26)46-24-40-47(34(46)48)28-4-2-1-3-5-28/h6-13,18-19,23-24,28,30H,1-5,14-17,20-22H2/t30-,35-/m1/s1. The Morgan fingerprint density at radius 3 is 2.41 bits per heavy atom. The van der Waals surface area contributed by atoms with Crippen molar-refractivity contribution in [2.24, 2.45) is 0 Å². The van der Waals surface area contributed by atoms with Crippen LogP contribution < -0.4 is 20.2 Å². The molecule has 3 aliphatic rings. The van der Waals surface area contributed by atoms with E-state index in [1.54, 1.807) is 40.0 Å². The minimum Gasteiger partial charge on any atom is -0.489 e. The molecule has 1 aliphatic carbocycles. The lowest BCUT2D eigenvalue weighted by molar-refractivity contribution is -0.190. The van der Waals surface area contributed by atoms with Crippen molar-refractivity contribution in [3.63, 3.8) is 0 Å². The first kappa shape index (κ1) is 33.6. The average molecular weight is 734 g/mol. The lowest BCUT2D eigenvalue weighted by Crippen LogP contribution is -2.46. The van der Waals surface area contributed by atoms with Crippen LogP contribution in [0.1, 0.15) is 43.7 Å². The molecule has 14 nitrogen and oxygen atoms in total. The van der Waals surface area contributed by atoms with E-state index >= 15 is 0 Å². The molecule has 5 heterocycles. The van der Waals surface area contributed by atoms with Crippen LogP contribution in [0.5, 0.6) is 5.75 Å². The summed E-state index contributed by atoms with van der Waals surface area (Å²) >= 11 is 12.7. The van der Waals surface area contributed by atoms with Crippen molar-refractivity contribution >= 4 is 34.7 Å². The molecule has 0 radical (unpaired) electrons. The average Bonchev–Trinajstić information content (AvgIpc) is 3.93. The van der Waals surface area contributed by atoms with Gasteiger partial charge in [0.05, 0.1) is 29.6 Å². The van der Waals surface area contributed by atoms with Crippen LogP contribution in [0.2, 0.25) is 10.0 Å². The van der Waals surface area contributed by atoms with E-state index in [1.165, 1.54) is 17.4 Å². The second kappa shape index (κ2) is 14.6. The fourth-order valence-corrected chi connectivity index (χ4v) is 7.69. The van der Waals surface area contributed by atoms with Crippen molar-refractivity contribution in [2.45, 2.75) is 56.6 Å². The Morgan fingerprint density at radius 2 is 1.69 bits per heavy atom. The Labute approximate surface area is 304 Å². The topological polar surface area (TPSA) is 130 Å². The molecule has 51 heavy (non-hydrogen) atoms. The number of rotatable bonds is 10. The first-order chi connectivity index (χ1) is 24.9. The minimum absolute atomic E-state index is 0.0630. The number of tetrazole rings is 1. The summed E-state index contributed by atoms with van der Waals surface area (Å²) in [5, 5.41) is 16.8. The van der Waals surface area contributed by atoms with Gasteiger partial charge in [-0.1, -0.05) is 48.5 Å². The number of pyridine rings is 1. The lowest BCUT2D eigenvalue weighted by Gasteiger charge is -2.36. The van der Waals surface area contributed by atoms with Crippen LogP contribution >= 0.6 is 23.2 Å². The molecule has 2 aliphatic heterocycles. The summed E-state index contributed by atoms with van der Waals surface area (Å²) in [6.07, 6.45) is 10.1. The molecule has 2 saturated heterocycles. The summed E-state index contributed by atoms with van der Waals surface area (Å²) in [7, 11) is 0. The molecule has 0 N–H and O–H groups in total. The highest BCUT2D eigenvalue weighted by Gasteiger charge is 2.46. The molecule has 16 heteroatoms. The molecule has 0 spiro atoms. The highest BCUT2D eigenvalue weighted by Crippen LogP contribution is 2.40. The van der Waals surface area contributed by atoms with Gasteiger partial charge in [0.25, 0.3) is 0 Å². The maximum absolute atomic E-state index is 13.1. The number of piperazine rings is 1. The number of halogens is 2. The summed E-state index contributed by atoms with van der Waals surface area (Å²) in [4.78, 5) is 22.4. The number of ether oxygens (including phenoxy) is 3. The van der Waals surface area contributed by atoms with E-state index < -0.39 is 5.79 Å². The molecule has 5 aromatic rings. The summed E-state index contributed by atoms with van der Waals surface area (Å²) in [5.74, 6) is 0.312. The van der Waals surface area contributed by atoms with Crippen LogP contribution in [-0.2, 0) is 21.8 Å². The van der Waals surface area contributed by atoms with Gasteiger partial charge in [-0.05, 0) is 71.8 Å². The predicted molar refractivity (Wildman–Crippen MR) is 191 cm³/mol. The van der Waals surface area contributed by atoms with Crippen LogP contribution in [0, 0.1) is 0 Å². The highest BCUT2D eigenvalue weighted by atomic mass is 35.5. The van der Waals surface area contributed by atoms with Crippen LogP contribution in [0.15, 0.2) is 78.2 Å². The van der Waals surface area contributed by atoms with Gasteiger partial charge in [0.1, 0.15) is 43.5 Å². The van der Waals surface area contributed by atoms with Crippen molar-refractivity contribution in [1.29, 1.82) is 0 Å². The number of aromatic nitrogens is 8. The summed E-state index contributed by atoms with van der Waals surface area (Å²) in [6.45, 7) is 4.07. The third-order valence-corrected chi connectivity index (χ3v) is 10.4. The third-order valence-electron chi connectivity index (χ3n) is 9.83. The first-order valence-corrected chi connectivity index (χ1v) is 18.0. The Balaban J connectivity index is 0.842. The van der Waals surface area contributed by atoms with Crippen molar-refractivity contribution in [1.82, 2.24) is 39.5 Å². The molecule has 0 unspecified atom stereocenters. The van der Waals surface area contributed by atoms with E-state index in [2.05, 4.69) is 42.6 Å². The number of hydrogen-bond donors (Lipinski definition) is 0. The quantitative estimate of drug-likeness (QED) is 0.194. The third kappa shape index (κ3) is 7.18. The van der Waals surface area contributed by atoms with Crippen molar-refractivity contribution in [2.75, 3.05) is 49.2 Å². The lowest BCUT2D eigenvalue weighted by atomic mass is 9.96. The summed E-state index contributed by atoms with van der Waals surface area (Å²) in [5.41, 5.74) is 2.52. The Kier molecular flexibility index (Phi) is 9.64. The molecule has 3 aromatic heterocycles. The van der Waals surface area contributed by atoms with Gasteiger partial charge in [0, 0.05) is 42.5 Å². The molecule has 0 bridgehead atoms. The molecular formula is C35H38Cl2N10O4. The molecule has 266 valence electrons. The van der Waals surface area contributed by atoms with E-state index in [9.17, 15) is 4.79 Å². The molecule has 2 aromatic carbocycles. The Morgan fingerprint density at radius 1 is 0.902 bits per heavy atom. The van der Waals surface area contributed by atoms with Crippen LogP contribution in [0.4, 0.5) is 11.5 Å². The van der Waals surface area contributed by atoms with Crippen LogP contribution in [0.25, 0.3) is 5.69 Å². The van der Waals surface area contributed by atoms with E-state index in [0.717, 1.165) is 69.1 Å². The van der Waals surface area contributed by atoms with Crippen molar-refractivity contribution in [3.8, 4) is 11.4 Å². The number of hydrogen-bond acceptors (Lipinski definition) is 11. The molecule has 3 fully saturated rings. The van der Waals surface area contributed by atoms with E-state index in [4.69, 9.17) is 42.4 Å². The van der Waals surface area contributed by atoms with Gasteiger partial charge in [0.2, 0.25) is 5.79 Å². The zero-order valence-electron chi connectivity index (χ0n) is 27.9. The highest BCUT2D eigenvalue weighted by molar-refractivity contribution is 6.35. The molecule has 0 amide bonds. The Bertz CT molecular complexity index is 1970. The van der Waals surface area contributed by atoms with Gasteiger partial charge in [0.15, 0.2) is 0 Å². The Hall–Kier alpha value is -4.50. The molecule has 2 atom stereocenters. The van der Waals surface area contributed by atoms with Gasteiger partial charge < -0.3 is 24.0 Å². The van der Waals surface area contributed by atoms with E-state index in [-0.39, 0.29) is 37.6 Å². The van der Waals surface area contributed by atoms with Gasteiger partial charge in [-0.2, -0.15) is 5.10 Å². The monoisotopic (exact) mass is 732 g/mol. The largest absolute Gasteiger partial charge is 0.489 e. The number of benzene rings is 2. The normalized spacial score (nSPS) is 21.3. The SMILES string of the molecule is O=c1n(-c2ccc(N3CCN(c4ccc(OC[C@@H]5CO[C@@](Cn6cnnn6)(c6ccc(Cl)cc6Cl)O5)cn4)CC3)cc2)cnn1C1CCCCC1. The van der Waals surface area contributed by atoms with Gasteiger partial charge in [-0.3, -0.25) is 0 Å². The predicted octanol–water partition coefficient (Wildman–Crippen LogP) is 4.90. The fraction of sp³-hybridized carbons (Fsp3) is 0.429. The maximum Gasteiger partial charge on any atom is 0.350 e. The maximum atomic E-state index is 13.1. The second-order valence-electron chi connectivity index (χ2n) is 13.1. The molecule has 1 saturated carbocycles. The van der Waals surface area contributed by atoms with Crippen molar-refractivity contribution < 1.29 is 14.2 Å². The molecular weight excluding hydrogens is 695 g/mol.